The summed E-state index contributed by atoms with van der Waals surface area (Å²) in [5.41, 5.74) is 0. The van der Waals surface area contributed by atoms with E-state index in [1.807, 2.05) is 0 Å². The summed E-state index contributed by atoms with van der Waals surface area (Å²) in [7, 11) is 0. The minimum atomic E-state index is -0.810. The van der Waals surface area contributed by atoms with Gasteiger partial charge >= 0.3 is 11.9 Å². The van der Waals surface area contributed by atoms with Gasteiger partial charge in [-0.2, -0.15) is 0 Å². The van der Waals surface area contributed by atoms with Gasteiger partial charge in [0, 0.05) is 12.8 Å². The highest BCUT2D eigenvalue weighted by molar-refractivity contribution is 5.70. The number of allylic oxidation sites excluding steroid dienone is 16. The summed E-state index contributed by atoms with van der Waals surface area (Å²) in [5.74, 6) is -0.671. The van der Waals surface area contributed by atoms with Crippen molar-refractivity contribution in [1.82, 2.24) is 0 Å². The fourth-order valence-electron chi connectivity index (χ4n) is 5.77. The quantitative estimate of drug-likeness (QED) is 0.0383. The monoisotopic (exact) mass is 763 g/mol. The lowest BCUT2D eigenvalue weighted by Gasteiger charge is -2.15. The molecule has 55 heavy (non-hydrogen) atoms. The van der Waals surface area contributed by atoms with Gasteiger partial charge in [0.25, 0.3) is 0 Å². The number of carbonyl (C=O) groups excluding carboxylic acids is 2. The van der Waals surface area contributed by atoms with Crippen LogP contribution in [-0.4, -0.2) is 36.4 Å². The molecule has 0 aliphatic heterocycles. The second-order valence-corrected chi connectivity index (χ2v) is 14.4. The molecular formula is C50H82O5. The topological polar surface area (TPSA) is 72.8 Å². The van der Waals surface area contributed by atoms with Crippen LogP contribution in [0.25, 0.3) is 0 Å². The number of aliphatic hydroxyl groups excluding tert-OH is 1. The van der Waals surface area contributed by atoms with E-state index in [0.717, 1.165) is 70.6 Å². The summed E-state index contributed by atoms with van der Waals surface area (Å²) >= 11 is 0. The van der Waals surface area contributed by atoms with Crippen LogP contribution >= 0.6 is 0 Å². The van der Waals surface area contributed by atoms with Crippen LogP contribution < -0.4 is 0 Å². The first-order valence-electron chi connectivity index (χ1n) is 22.3. The van der Waals surface area contributed by atoms with Crippen LogP contribution in [-0.2, 0) is 19.1 Å². The van der Waals surface area contributed by atoms with Gasteiger partial charge in [-0.25, -0.2) is 0 Å². The molecule has 0 radical (unpaired) electrons. The second-order valence-electron chi connectivity index (χ2n) is 14.4. The molecular weight excluding hydrogens is 681 g/mol. The lowest BCUT2D eigenvalue weighted by molar-refractivity contribution is -0.161. The van der Waals surface area contributed by atoms with Crippen LogP contribution in [0.15, 0.2) is 97.2 Å². The molecule has 0 aliphatic rings. The van der Waals surface area contributed by atoms with Crippen LogP contribution in [0.1, 0.15) is 187 Å². The van der Waals surface area contributed by atoms with E-state index in [0.29, 0.717) is 12.8 Å². The number of esters is 2. The third kappa shape index (κ3) is 43.4. The average molecular weight is 763 g/mol. The number of aliphatic hydroxyl groups is 1. The zero-order valence-corrected chi connectivity index (χ0v) is 35.4. The van der Waals surface area contributed by atoms with Crippen molar-refractivity contribution in [1.29, 1.82) is 0 Å². The van der Waals surface area contributed by atoms with Gasteiger partial charge in [0.1, 0.15) is 6.61 Å². The van der Waals surface area contributed by atoms with E-state index in [1.54, 1.807) is 0 Å². The first-order chi connectivity index (χ1) is 27.1. The van der Waals surface area contributed by atoms with E-state index in [4.69, 9.17) is 9.47 Å². The Morgan fingerprint density at radius 3 is 1.25 bits per heavy atom. The number of hydrogen-bond acceptors (Lipinski definition) is 5. The summed E-state index contributed by atoms with van der Waals surface area (Å²) in [5, 5.41) is 9.58. The molecule has 1 N–H and O–H groups in total. The highest BCUT2D eigenvalue weighted by Crippen LogP contribution is 2.12. The Morgan fingerprint density at radius 1 is 0.436 bits per heavy atom. The van der Waals surface area contributed by atoms with Crippen LogP contribution in [0.5, 0.6) is 0 Å². The molecule has 5 nitrogen and oxygen atoms in total. The van der Waals surface area contributed by atoms with Gasteiger partial charge in [-0.3, -0.25) is 9.59 Å². The van der Waals surface area contributed by atoms with Crippen molar-refractivity contribution in [2.75, 3.05) is 13.2 Å². The van der Waals surface area contributed by atoms with Gasteiger partial charge in [0.15, 0.2) is 6.10 Å². The molecule has 1 atom stereocenters. The zero-order valence-electron chi connectivity index (χ0n) is 35.4. The molecule has 0 saturated heterocycles. The SMILES string of the molecule is CC/C=C\C/C=C\C/C=C\C/C=C\C/C=C\C/C=C\C/C=C\CCCC(=O)OC(CO)COC(=O)CCCCCCCCC/C=C\CCCCCCCCC. The third-order valence-electron chi connectivity index (χ3n) is 9.11. The van der Waals surface area contributed by atoms with Gasteiger partial charge in [-0.1, -0.05) is 182 Å². The number of unbranched alkanes of at least 4 members (excludes halogenated alkanes) is 15. The molecule has 0 heterocycles. The van der Waals surface area contributed by atoms with Crippen molar-refractivity contribution < 1.29 is 24.2 Å². The van der Waals surface area contributed by atoms with Crippen molar-refractivity contribution in [3.63, 3.8) is 0 Å². The molecule has 0 amide bonds. The van der Waals surface area contributed by atoms with Gasteiger partial charge in [-0.05, 0) is 89.9 Å². The molecule has 0 rings (SSSR count). The second kappa shape index (κ2) is 45.2. The fraction of sp³-hybridized carbons (Fsp3) is 0.640. The van der Waals surface area contributed by atoms with Gasteiger partial charge in [0.2, 0.25) is 0 Å². The predicted octanol–water partition coefficient (Wildman–Crippen LogP) is 14.5. The largest absolute Gasteiger partial charge is 0.462 e. The van der Waals surface area contributed by atoms with Gasteiger partial charge in [0.05, 0.1) is 6.61 Å². The van der Waals surface area contributed by atoms with Crippen LogP contribution in [0.2, 0.25) is 0 Å². The molecule has 0 aromatic heterocycles. The van der Waals surface area contributed by atoms with Crippen molar-refractivity contribution in [3.05, 3.63) is 97.2 Å². The standard InChI is InChI=1S/C50H82O5/c1-3-5-7-9-11-13-15-17-19-21-23-24-25-26-27-29-31-33-35-37-39-41-43-45-50(53)55-48(46-51)47-54-49(52)44-42-40-38-36-34-32-30-28-22-20-18-16-14-12-10-8-6-4-2/h5,7,11,13,17,19-20,22-24,26-27,31,33,37,39,48,51H,3-4,6,8-10,12,14-16,18,21,25,28-30,32,34-36,38,40-47H2,1-2H3/b7-5-,13-11-,19-17-,22-20-,24-23-,27-26-,33-31-,39-37-. The van der Waals surface area contributed by atoms with E-state index in [2.05, 4.69) is 111 Å². The Hall–Kier alpha value is -3.18. The summed E-state index contributed by atoms with van der Waals surface area (Å²) in [4.78, 5) is 24.3. The molecule has 0 aliphatic carbocycles. The minimum absolute atomic E-state index is 0.0968. The van der Waals surface area contributed by atoms with Crippen molar-refractivity contribution in [2.24, 2.45) is 0 Å². The number of rotatable bonds is 39. The molecule has 0 aromatic rings. The molecule has 0 spiro atoms. The van der Waals surface area contributed by atoms with E-state index in [1.165, 1.54) is 83.5 Å². The lowest BCUT2D eigenvalue weighted by Crippen LogP contribution is -2.28. The Bertz CT molecular complexity index is 1090. The maximum absolute atomic E-state index is 12.2. The molecule has 0 bridgehead atoms. The number of hydrogen-bond donors (Lipinski definition) is 1. The van der Waals surface area contributed by atoms with E-state index < -0.39 is 6.10 Å². The van der Waals surface area contributed by atoms with Gasteiger partial charge < -0.3 is 14.6 Å². The Kier molecular flexibility index (Phi) is 42.6. The maximum Gasteiger partial charge on any atom is 0.306 e. The summed E-state index contributed by atoms with van der Waals surface area (Å²) in [6.07, 6.45) is 63.4. The maximum atomic E-state index is 12.2. The predicted molar refractivity (Wildman–Crippen MR) is 237 cm³/mol. The van der Waals surface area contributed by atoms with E-state index in [-0.39, 0.29) is 31.6 Å². The first-order valence-corrected chi connectivity index (χ1v) is 22.3. The lowest BCUT2D eigenvalue weighted by atomic mass is 10.1. The van der Waals surface area contributed by atoms with Crippen LogP contribution in [0.4, 0.5) is 0 Å². The first kappa shape index (κ1) is 51.8. The normalized spacial score (nSPS) is 13.1. The van der Waals surface area contributed by atoms with Crippen molar-refractivity contribution in [3.8, 4) is 0 Å². The molecule has 312 valence electrons. The Morgan fingerprint density at radius 2 is 0.800 bits per heavy atom. The minimum Gasteiger partial charge on any atom is -0.462 e. The Balaban J connectivity index is 3.69. The number of ether oxygens (including phenoxy) is 2. The molecule has 0 saturated carbocycles. The Labute approximate surface area is 338 Å². The highest BCUT2D eigenvalue weighted by Gasteiger charge is 2.16. The molecule has 0 aromatic carbocycles. The molecule has 5 heteroatoms. The van der Waals surface area contributed by atoms with Crippen LogP contribution in [0.3, 0.4) is 0 Å². The average Bonchev–Trinajstić information content (AvgIpc) is 3.19. The summed E-state index contributed by atoms with van der Waals surface area (Å²) in [6, 6.07) is 0. The summed E-state index contributed by atoms with van der Waals surface area (Å²) < 4.78 is 10.6. The van der Waals surface area contributed by atoms with Gasteiger partial charge in [-0.15, -0.1) is 0 Å². The highest BCUT2D eigenvalue weighted by atomic mass is 16.6. The molecule has 0 fully saturated rings. The number of carbonyl (C=O) groups is 2. The smallest absolute Gasteiger partial charge is 0.306 e. The van der Waals surface area contributed by atoms with Crippen molar-refractivity contribution in [2.45, 2.75) is 193 Å². The van der Waals surface area contributed by atoms with Crippen LogP contribution in [0, 0.1) is 0 Å². The van der Waals surface area contributed by atoms with E-state index in [9.17, 15) is 14.7 Å². The van der Waals surface area contributed by atoms with Crippen molar-refractivity contribution >= 4 is 11.9 Å². The van der Waals surface area contributed by atoms with E-state index >= 15 is 0 Å². The zero-order chi connectivity index (χ0) is 40.0. The summed E-state index contributed by atoms with van der Waals surface area (Å²) in [6.45, 7) is 3.96. The molecule has 1 unspecified atom stereocenters. The third-order valence-corrected chi connectivity index (χ3v) is 9.11. The fourth-order valence-corrected chi connectivity index (χ4v) is 5.77.